The van der Waals surface area contributed by atoms with Gasteiger partial charge in [0.1, 0.15) is 12.4 Å². The van der Waals surface area contributed by atoms with Crippen LogP contribution in [0, 0.1) is 0 Å². The van der Waals surface area contributed by atoms with E-state index in [1.165, 1.54) is 32.9 Å². The van der Waals surface area contributed by atoms with Crippen LogP contribution in [0.2, 0.25) is 0 Å². The first-order chi connectivity index (χ1) is 16.5. The molecule has 1 spiro atoms. The van der Waals surface area contributed by atoms with Crippen molar-refractivity contribution in [3.05, 3.63) is 96.7 Å². The van der Waals surface area contributed by atoms with Crippen molar-refractivity contribution in [3.8, 4) is 11.4 Å². The number of benzene rings is 4. The smallest absolute Gasteiger partial charge is 0.155 e. The maximum atomic E-state index is 6.50. The van der Waals surface area contributed by atoms with Gasteiger partial charge in [-0.2, -0.15) is 0 Å². The number of ether oxygens (including phenoxy) is 1. The van der Waals surface area contributed by atoms with E-state index in [0.717, 1.165) is 17.1 Å². The normalized spacial score (nSPS) is 20.3. The van der Waals surface area contributed by atoms with Gasteiger partial charge in [-0.3, -0.25) is 0 Å². The van der Waals surface area contributed by atoms with E-state index in [2.05, 4.69) is 127 Å². The fourth-order valence-electron chi connectivity index (χ4n) is 6.08. The van der Waals surface area contributed by atoms with Crippen LogP contribution in [0.4, 0.5) is 11.4 Å². The number of likely N-dealkylation sites (N-methyl/N-ethyl adjacent to an activating group) is 1. The van der Waals surface area contributed by atoms with E-state index in [-0.39, 0.29) is 11.1 Å². The van der Waals surface area contributed by atoms with Gasteiger partial charge in [0, 0.05) is 35.4 Å². The minimum absolute atomic E-state index is 0.146. The van der Waals surface area contributed by atoms with Crippen molar-refractivity contribution in [2.24, 2.45) is 0 Å². The summed E-state index contributed by atoms with van der Waals surface area (Å²) in [4.78, 5) is 2.37. The summed E-state index contributed by atoms with van der Waals surface area (Å²) in [6.07, 6.45) is 2.15. The van der Waals surface area contributed by atoms with E-state index in [1.807, 2.05) is 0 Å². The third-order valence-corrected chi connectivity index (χ3v) is 8.16. The molecule has 0 saturated heterocycles. The zero-order valence-corrected chi connectivity index (χ0v) is 19.7. The molecule has 2 aliphatic rings. The molecular formula is C30H27N3O. The Labute approximate surface area is 199 Å². The lowest BCUT2D eigenvalue weighted by atomic mass is 9.75. The zero-order chi connectivity index (χ0) is 23.1. The maximum Gasteiger partial charge on any atom is 0.155 e. The number of hydrogen-bond acceptors (Lipinski definition) is 3. The molecule has 2 aliphatic heterocycles. The first-order valence-electron chi connectivity index (χ1n) is 11.9. The van der Waals surface area contributed by atoms with Gasteiger partial charge in [-0.15, -0.1) is 0 Å². The van der Waals surface area contributed by atoms with Crippen molar-refractivity contribution >= 4 is 33.1 Å². The molecule has 0 saturated carbocycles. The van der Waals surface area contributed by atoms with E-state index in [1.54, 1.807) is 0 Å². The Morgan fingerprint density at radius 1 is 0.853 bits per heavy atom. The fourth-order valence-corrected chi connectivity index (χ4v) is 6.08. The average molecular weight is 446 g/mol. The fraction of sp³-hybridized carbons (Fsp3) is 0.200. The highest BCUT2D eigenvalue weighted by Gasteiger charge is 2.58. The van der Waals surface area contributed by atoms with E-state index in [0.29, 0.717) is 6.61 Å². The van der Waals surface area contributed by atoms with Gasteiger partial charge >= 0.3 is 0 Å². The van der Waals surface area contributed by atoms with E-state index in [4.69, 9.17) is 4.74 Å². The standard InChI is InChI=1S/C30H27N3O/c1-29(2)24-9-5-7-11-26(24)32(3)30(29)19-34-27-15-13-20-12-14-22(18-23(20)28(27)31-30)33-17-16-21-8-4-6-10-25(21)33/h4-18,31H,19H2,1-3H3. The summed E-state index contributed by atoms with van der Waals surface area (Å²) >= 11 is 0. The number of para-hydroxylation sites is 2. The summed E-state index contributed by atoms with van der Waals surface area (Å²) in [7, 11) is 2.18. The highest BCUT2D eigenvalue weighted by atomic mass is 16.5. The van der Waals surface area contributed by atoms with Crippen LogP contribution in [-0.4, -0.2) is 23.9 Å². The molecule has 1 atom stereocenters. The first-order valence-corrected chi connectivity index (χ1v) is 11.9. The zero-order valence-electron chi connectivity index (χ0n) is 19.7. The minimum Gasteiger partial charge on any atom is -0.487 e. The van der Waals surface area contributed by atoms with Crippen LogP contribution in [0.25, 0.3) is 27.4 Å². The molecule has 168 valence electrons. The summed E-state index contributed by atoms with van der Waals surface area (Å²) in [5.74, 6) is 0.910. The Bertz CT molecular complexity index is 1600. The number of nitrogens with zero attached hydrogens (tertiary/aromatic N) is 2. The lowest BCUT2D eigenvalue weighted by Crippen LogP contribution is -2.65. The Morgan fingerprint density at radius 3 is 2.53 bits per heavy atom. The van der Waals surface area contributed by atoms with Crippen LogP contribution in [0.1, 0.15) is 19.4 Å². The molecule has 1 N–H and O–H groups in total. The van der Waals surface area contributed by atoms with E-state index >= 15 is 0 Å². The van der Waals surface area contributed by atoms with Gasteiger partial charge in [-0.1, -0.05) is 62.4 Å². The summed E-state index contributed by atoms with van der Waals surface area (Å²) in [6.45, 7) is 5.21. The summed E-state index contributed by atoms with van der Waals surface area (Å²) in [6, 6.07) is 30.3. The second kappa shape index (κ2) is 6.57. The van der Waals surface area contributed by atoms with Crippen molar-refractivity contribution in [2.45, 2.75) is 24.9 Å². The predicted molar refractivity (Wildman–Crippen MR) is 141 cm³/mol. The van der Waals surface area contributed by atoms with Crippen molar-refractivity contribution in [1.82, 2.24) is 4.57 Å². The van der Waals surface area contributed by atoms with Gasteiger partial charge in [0.25, 0.3) is 0 Å². The monoisotopic (exact) mass is 445 g/mol. The molecule has 34 heavy (non-hydrogen) atoms. The Hall–Kier alpha value is -3.92. The average Bonchev–Trinajstić information content (AvgIpc) is 3.37. The highest BCUT2D eigenvalue weighted by Crippen LogP contribution is 2.54. The molecule has 4 nitrogen and oxygen atoms in total. The number of fused-ring (bicyclic) bond motifs is 5. The second-order valence-corrected chi connectivity index (χ2v) is 10.1. The van der Waals surface area contributed by atoms with Gasteiger partial charge in [0.2, 0.25) is 0 Å². The molecule has 0 aliphatic carbocycles. The molecule has 1 unspecified atom stereocenters. The topological polar surface area (TPSA) is 29.4 Å². The molecular weight excluding hydrogens is 418 g/mol. The first kappa shape index (κ1) is 19.5. The van der Waals surface area contributed by atoms with E-state index in [9.17, 15) is 0 Å². The molecule has 1 aromatic heterocycles. The van der Waals surface area contributed by atoms with Crippen LogP contribution < -0.4 is 15.0 Å². The van der Waals surface area contributed by atoms with Crippen molar-refractivity contribution < 1.29 is 4.74 Å². The van der Waals surface area contributed by atoms with Crippen LogP contribution in [-0.2, 0) is 5.41 Å². The molecule has 7 rings (SSSR count). The Kier molecular flexibility index (Phi) is 3.78. The van der Waals surface area contributed by atoms with Gasteiger partial charge in [-0.05, 0) is 52.7 Å². The molecule has 0 radical (unpaired) electrons. The lowest BCUT2D eigenvalue weighted by molar-refractivity contribution is 0.165. The quantitative estimate of drug-likeness (QED) is 0.311. The molecule has 4 heteroatoms. The largest absolute Gasteiger partial charge is 0.487 e. The molecule has 3 heterocycles. The predicted octanol–water partition coefficient (Wildman–Crippen LogP) is 6.71. The summed E-state index contributed by atoms with van der Waals surface area (Å²) in [5.41, 5.74) is 5.49. The molecule has 0 fully saturated rings. The molecule has 0 amide bonds. The highest BCUT2D eigenvalue weighted by molar-refractivity contribution is 5.99. The third kappa shape index (κ3) is 2.38. The van der Waals surface area contributed by atoms with E-state index < -0.39 is 0 Å². The number of anilines is 2. The number of hydrogen-bond donors (Lipinski definition) is 1. The van der Waals surface area contributed by atoms with Crippen LogP contribution in [0.3, 0.4) is 0 Å². The Morgan fingerprint density at radius 2 is 1.65 bits per heavy atom. The second-order valence-electron chi connectivity index (χ2n) is 10.1. The van der Waals surface area contributed by atoms with Gasteiger partial charge < -0.3 is 19.5 Å². The van der Waals surface area contributed by atoms with Gasteiger partial charge in [0.15, 0.2) is 5.66 Å². The summed E-state index contributed by atoms with van der Waals surface area (Å²) < 4.78 is 8.76. The number of aromatic nitrogens is 1. The number of rotatable bonds is 1. The summed E-state index contributed by atoms with van der Waals surface area (Å²) in [5, 5.41) is 7.62. The Balaban J connectivity index is 1.41. The van der Waals surface area contributed by atoms with Crippen LogP contribution >= 0.6 is 0 Å². The van der Waals surface area contributed by atoms with Crippen molar-refractivity contribution in [1.29, 1.82) is 0 Å². The van der Waals surface area contributed by atoms with Gasteiger partial charge in [0.05, 0.1) is 11.2 Å². The van der Waals surface area contributed by atoms with Crippen molar-refractivity contribution in [3.63, 3.8) is 0 Å². The number of nitrogens with one attached hydrogen (secondary N) is 1. The molecule has 5 aromatic rings. The van der Waals surface area contributed by atoms with Crippen LogP contribution in [0.15, 0.2) is 91.1 Å². The third-order valence-electron chi connectivity index (χ3n) is 8.16. The van der Waals surface area contributed by atoms with Crippen LogP contribution in [0.5, 0.6) is 5.75 Å². The maximum absolute atomic E-state index is 6.50. The minimum atomic E-state index is -0.381. The van der Waals surface area contributed by atoms with Crippen molar-refractivity contribution in [2.75, 3.05) is 23.9 Å². The molecule has 0 bridgehead atoms. The SMILES string of the molecule is CN1c2ccccc2C(C)(C)C12COc1ccc3ccc(-n4ccc5ccccc54)cc3c1N2. The lowest BCUT2D eigenvalue weighted by Gasteiger charge is -2.49. The molecule has 4 aromatic carbocycles. The van der Waals surface area contributed by atoms with Gasteiger partial charge in [-0.25, -0.2) is 0 Å².